The van der Waals surface area contributed by atoms with Crippen LogP contribution in [0.25, 0.3) is 0 Å². The number of benzene rings is 1. The quantitative estimate of drug-likeness (QED) is 0.893. The van der Waals surface area contributed by atoms with Crippen LogP contribution in [0.2, 0.25) is 0 Å². The molecule has 1 aromatic rings. The molecule has 4 heteroatoms. The maximum atomic E-state index is 9.04. The highest BCUT2D eigenvalue weighted by atomic mass is 79.9. The first-order valence-electron chi connectivity index (χ1n) is 5.15. The van der Waals surface area contributed by atoms with E-state index < -0.39 is 0 Å². The fraction of sp³-hybridized carbons (Fsp3) is 0.417. The van der Waals surface area contributed by atoms with Crippen molar-refractivity contribution in [3.8, 4) is 6.07 Å². The van der Waals surface area contributed by atoms with E-state index in [9.17, 15) is 0 Å². The van der Waals surface area contributed by atoms with Crippen molar-refractivity contribution in [3.63, 3.8) is 0 Å². The first kappa shape index (κ1) is 13.0. The number of rotatable bonds is 4. The van der Waals surface area contributed by atoms with Crippen LogP contribution < -0.4 is 5.32 Å². The standard InChI is InChI=1S/C12H15BrN2O/c1-8(7-16)9(2)15-12-4-10(6-14)3-11(13)5-12/h3-5,8-9,15-16H,7H2,1-2H3. The number of anilines is 1. The van der Waals surface area contributed by atoms with Gasteiger partial charge in [-0.3, -0.25) is 0 Å². The lowest BCUT2D eigenvalue weighted by Crippen LogP contribution is -2.26. The summed E-state index contributed by atoms with van der Waals surface area (Å²) in [6.45, 7) is 4.13. The van der Waals surface area contributed by atoms with E-state index in [-0.39, 0.29) is 18.6 Å². The lowest BCUT2D eigenvalue weighted by atomic mass is 10.0. The molecule has 0 bridgehead atoms. The summed E-state index contributed by atoms with van der Waals surface area (Å²) in [5, 5.41) is 21.1. The molecule has 0 saturated heterocycles. The second kappa shape index (κ2) is 5.88. The van der Waals surface area contributed by atoms with Gasteiger partial charge >= 0.3 is 0 Å². The molecule has 0 aliphatic rings. The molecule has 2 atom stereocenters. The van der Waals surface area contributed by atoms with Crippen LogP contribution in [0.1, 0.15) is 19.4 Å². The van der Waals surface area contributed by atoms with Crippen molar-refractivity contribution in [2.45, 2.75) is 19.9 Å². The number of halogens is 1. The summed E-state index contributed by atoms with van der Waals surface area (Å²) in [7, 11) is 0. The molecule has 3 nitrogen and oxygen atoms in total. The van der Waals surface area contributed by atoms with Crippen LogP contribution in [0.3, 0.4) is 0 Å². The van der Waals surface area contributed by atoms with Gasteiger partial charge in [0.05, 0.1) is 11.6 Å². The third kappa shape index (κ3) is 3.51. The summed E-state index contributed by atoms with van der Waals surface area (Å²) in [4.78, 5) is 0. The SMILES string of the molecule is CC(CO)C(C)Nc1cc(Br)cc(C#N)c1. The maximum Gasteiger partial charge on any atom is 0.0992 e. The smallest absolute Gasteiger partial charge is 0.0992 e. The van der Waals surface area contributed by atoms with Crippen molar-refractivity contribution in [3.05, 3.63) is 28.2 Å². The van der Waals surface area contributed by atoms with Crippen LogP contribution in [0.5, 0.6) is 0 Å². The van der Waals surface area contributed by atoms with Gasteiger partial charge in [-0.15, -0.1) is 0 Å². The molecule has 0 saturated carbocycles. The molecule has 16 heavy (non-hydrogen) atoms. The Labute approximate surface area is 104 Å². The lowest BCUT2D eigenvalue weighted by Gasteiger charge is -2.20. The number of nitriles is 1. The maximum absolute atomic E-state index is 9.04. The number of aliphatic hydroxyl groups excluding tert-OH is 1. The molecule has 0 aromatic heterocycles. The molecular weight excluding hydrogens is 268 g/mol. The van der Waals surface area contributed by atoms with E-state index in [0.29, 0.717) is 5.56 Å². The zero-order chi connectivity index (χ0) is 12.1. The van der Waals surface area contributed by atoms with Gasteiger partial charge < -0.3 is 10.4 Å². The van der Waals surface area contributed by atoms with Crippen molar-refractivity contribution < 1.29 is 5.11 Å². The molecule has 0 aliphatic heterocycles. The highest BCUT2D eigenvalue weighted by Gasteiger charge is 2.11. The third-order valence-corrected chi connectivity index (χ3v) is 3.02. The van der Waals surface area contributed by atoms with Gasteiger partial charge in [0, 0.05) is 22.8 Å². The predicted molar refractivity (Wildman–Crippen MR) is 68.2 cm³/mol. The molecule has 0 spiro atoms. The minimum absolute atomic E-state index is 0.146. The zero-order valence-corrected chi connectivity index (χ0v) is 11.0. The molecular formula is C12H15BrN2O. The fourth-order valence-corrected chi connectivity index (χ4v) is 1.79. The number of hydrogen-bond acceptors (Lipinski definition) is 3. The van der Waals surface area contributed by atoms with Crippen LogP contribution in [-0.4, -0.2) is 17.8 Å². The van der Waals surface area contributed by atoms with Crippen molar-refractivity contribution >= 4 is 21.6 Å². The Morgan fingerprint density at radius 3 is 2.69 bits per heavy atom. The first-order chi connectivity index (χ1) is 7.56. The number of aliphatic hydroxyl groups is 1. The molecule has 86 valence electrons. The average Bonchev–Trinajstić information content (AvgIpc) is 2.26. The van der Waals surface area contributed by atoms with Crippen LogP contribution in [0.15, 0.2) is 22.7 Å². The van der Waals surface area contributed by atoms with E-state index in [0.717, 1.165) is 10.2 Å². The van der Waals surface area contributed by atoms with Crippen LogP contribution in [0, 0.1) is 17.2 Å². The van der Waals surface area contributed by atoms with Crippen molar-refractivity contribution in [2.75, 3.05) is 11.9 Å². The molecule has 0 fully saturated rings. The Balaban J connectivity index is 2.81. The van der Waals surface area contributed by atoms with Crippen molar-refractivity contribution in [1.29, 1.82) is 5.26 Å². The molecule has 2 unspecified atom stereocenters. The van der Waals surface area contributed by atoms with Gasteiger partial charge in [-0.25, -0.2) is 0 Å². The van der Waals surface area contributed by atoms with Gasteiger partial charge in [0.1, 0.15) is 0 Å². The van der Waals surface area contributed by atoms with E-state index in [2.05, 4.69) is 27.3 Å². The average molecular weight is 283 g/mol. The Morgan fingerprint density at radius 1 is 1.44 bits per heavy atom. The topological polar surface area (TPSA) is 56.0 Å². The van der Waals surface area contributed by atoms with Crippen LogP contribution >= 0.6 is 15.9 Å². The Hall–Kier alpha value is -1.05. The Morgan fingerprint density at radius 2 is 2.12 bits per heavy atom. The molecule has 0 aliphatic carbocycles. The highest BCUT2D eigenvalue weighted by molar-refractivity contribution is 9.10. The summed E-state index contributed by atoms with van der Waals surface area (Å²) < 4.78 is 0.873. The van der Waals surface area contributed by atoms with Gasteiger partial charge in [-0.1, -0.05) is 22.9 Å². The van der Waals surface area contributed by atoms with Gasteiger partial charge in [0.2, 0.25) is 0 Å². The van der Waals surface area contributed by atoms with Crippen LogP contribution in [0.4, 0.5) is 5.69 Å². The summed E-state index contributed by atoms with van der Waals surface area (Å²) in [5.74, 6) is 0.171. The Bertz CT molecular complexity index is 400. The van der Waals surface area contributed by atoms with Gasteiger partial charge in [-0.05, 0) is 31.0 Å². The predicted octanol–water partition coefficient (Wildman–Crippen LogP) is 2.75. The minimum Gasteiger partial charge on any atom is -0.396 e. The van der Waals surface area contributed by atoms with Crippen molar-refractivity contribution in [1.82, 2.24) is 0 Å². The largest absolute Gasteiger partial charge is 0.396 e. The zero-order valence-electron chi connectivity index (χ0n) is 9.37. The van der Waals surface area contributed by atoms with E-state index in [1.54, 1.807) is 12.1 Å². The summed E-state index contributed by atoms with van der Waals surface area (Å²) in [6.07, 6.45) is 0. The first-order valence-corrected chi connectivity index (χ1v) is 5.94. The van der Waals surface area contributed by atoms with Gasteiger partial charge in [-0.2, -0.15) is 5.26 Å². The monoisotopic (exact) mass is 282 g/mol. The lowest BCUT2D eigenvalue weighted by molar-refractivity contribution is 0.226. The molecule has 1 rings (SSSR count). The van der Waals surface area contributed by atoms with Gasteiger partial charge in [0.15, 0.2) is 0 Å². The molecule has 0 radical (unpaired) electrons. The normalized spacial score (nSPS) is 13.9. The molecule has 1 aromatic carbocycles. The van der Waals surface area contributed by atoms with Crippen molar-refractivity contribution in [2.24, 2.45) is 5.92 Å². The highest BCUT2D eigenvalue weighted by Crippen LogP contribution is 2.21. The second-order valence-corrected chi connectivity index (χ2v) is 4.85. The fourth-order valence-electron chi connectivity index (χ4n) is 1.30. The van der Waals surface area contributed by atoms with E-state index in [1.165, 1.54) is 0 Å². The summed E-state index contributed by atoms with van der Waals surface area (Å²) in [6, 6.07) is 7.75. The number of nitrogens with one attached hydrogen (secondary N) is 1. The van der Waals surface area contributed by atoms with Gasteiger partial charge in [0.25, 0.3) is 0 Å². The third-order valence-electron chi connectivity index (χ3n) is 2.56. The summed E-state index contributed by atoms with van der Waals surface area (Å²) in [5.41, 5.74) is 1.50. The summed E-state index contributed by atoms with van der Waals surface area (Å²) >= 11 is 3.36. The second-order valence-electron chi connectivity index (χ2n) is 3.93. The van der Waals surface area contributed by atoms with E-state index in [4.69, 9.17) is 10.4 Å². The number of nitrogens with zero attached hydrogens (tertiary/aromatic N) is 1. The molecule has 0 amide bonds. The minimum atomic E-state index is 0.146. The number of hydrogen-bond donors (Lipinski definition) is 2. The van der Waals surface area contributed by atoms with E-state index in [1.807, 2.05) is 19.9 Å². The molecule has 0 heterocycles. The Kier molecular flexibility index (Phi) is 4.78. The van der Waals surface area contributed by atoms with E-state index >= 15 is 0 Å². The molecule has 2 N–H and O–H groups in total. The van der Waals surface area contributed by atoms with Crippen LogP contribution in [-0.2, 0) is 0 Å².